The van der Waals surface area contributed by atoms with Gasteiger partial charge in [0.2, 0.25) is 11.7 Å². The molecule has 0 aromatic carbocycles. The Hall–Kier alpha value is -1.62. The minimum Gasteiger partial charge on any atom is -0.359 e. The van der Waals surface area contributed by atoms with Gasteiger partial charge >= 0.3 is 0 Å². The summed E-state index contributed by atoms with van der Waals surface area (Å²) in [7, 11) is 2.02. The topological polar surface area (TPSA) is 66.7 Å². The van der Waals surface area contributed by atoms with E-state index in [-0.39, 0.29) is 0 Å². The second-order valence-electron chi connectivity index (χ2n) is 5.18. The van der Waals surface area contributed by atoms with Crippen molar-refractivity contribution < 1.29 is 4.52 Å². The maximum Gasteiger partial charge on any atom is 0.231 e. The van der Waals surface area contributed by atoms with Gasteiger partial charge in [0.1, 0.15) is 0 Å². The van der Waals surface area contributed by atoms with Gasteiger partial charge in [-0.15, -0.1) is 0 Å². The number of rotatable bonds is 3. The van der Waals surface area contributed by atoms with Crippen molar-refractivity contribution in [3.8, 4) is 11.5 Å². The highest BCUT2D eigenvalue weighted by molar-refractivity contribution is 5.47. The molecule has 2 atom stereocenters. The molecular formula is C14H20N4O. The van der Waals surface area contributed by atoms with Gasteiger partial charge in [0.15, 0.2) is 0 Å². The standard InChI is InChI=1S/C14H20N4O/c1-15-11-7-4-2-3-6-10(11)14-17-13(18-19-14)12-8-5-9-16-12/h5,8-11,15-16H,2-4,6-7H2,1H3. The van der Waals surface area contributed by atoms with Crippen molar-refractivity contribution in [3.05, 3.63) is 24.2 Å². The molecule has 1 aliphatic rings. The van der Waals surface area contributed by atoms with E-state index in [1.165, 1.54) is 25.7 Å². The van der Waals surface area contributed by atoms with Crippen LogP contribution in [0.15, 0.2) is 22.9 Å². The van der Waals surface area contributed by atoms with Crippen molar-refractivity contribution in [3.63, 3.8) is 0 Å². The Balaban J connectivity index is 1.84. The van der Waals surface area contributed by atoms with Gasteiger partial charge in [0, 0.05) is 12.2 Å². The summed E-state index contributed by atoms with van der Waals surface area (Å²) < 4.78 is 5.49. The first kappa shape index (κ1) is 12.4. The molecule has 19 heavy (non-hydrogen) atoms. The largest absolute Gasteiger partial charge is 0.359 e. The summed E-state index contributed by atoms with van der Waals surface area (Å²) in [5, 5.41) is 7.49. The lowest BCUT2D eigenvalue weighted by atomic mass is 9.95. The Morgan fingerprint density at radius 2 is 2.21 bits per heavy atom. The quantitative estimate of drug-likeness (QED) is 0.833. The molecule has 0 saturated heterocycles. The normalized spacial score (nSPS) is 24.3. The zero-order chi connectivity index (χ0) is 13.1. The molecule has 2 unspecified atom stereocenters. The Bertz CT molecular complexity index is 505. The van der Waals surface area contributed by atoms with Crippen LogP contribution in [0, 0.1) is 0 Å². The highest BCUT2D eigenvalue weighted by Gasteiger charge is 2.28. The number of nitrogens with zero attached hydrogens (tertiary/aromatic N) is 2. The molecule has 3 rings (SSSR count). The van der Waals surface area contributed by atoms with Gasteiger partial charge in [0.25, 0.3) is 0 Å². The van der Waals surface area contributed by atoms with Gasteiger partial charge in [-0.1, -0.05) is 24.4 Å². The molecule has 2 N–H and O–H groups in total. The number of H-pyrrole nitrogens is 1. The van der Waals surface area contributed by atoms with E-state index in [2.05, 4.69) is 20.4 Å². The summed E-state index contributed by atoms with van der Waals surface area (Å²) in [5.74, 6) is 1.76. The zero-order valence-electron chi connectivity index (χ0n) is 11.2. The van der Waals surface area contributed by atoms with Crippen molar-refractivity contribution in [1.29, 1.82) is 0 Å². The molecule has 5 nitrogen and oxygen atoms in total. The smallest absolute Gasteiger partial charge is 0.231 e. The van der Waals surface area contributed by atoms with Crippen LogP contribution in [-0.4, -0.2) is 28.2 Å². The molecule has 1 saturated carbocycles. The molecule has 5 heteroatoms. The third-order valence-electron chi connectivity index (χ3n) is 3.98. The van der Waals surface area contributed by atoms with Gasteiger partial charge in [0.05, 0.1) is 11.6 Å². The Kier molecular flexibility index (Phi) is 3.64. The zero-order valence-corrected chi connectivity index (χ0v) is 11.2. The molecule has 102 valence electrons. The number of aromatic nitrogens is 3. The average Bonchev–Trinajstić information content (AvgIpc) is 3.05. The van der Waals surface area contributed by atoms with Crippen LogP contribution in [0.3, 0.4) is 0 Å². The fraction of sp³-hybridized carbons (Fsp3) is 0.571. The van der Waals surface area contributed by atoms with E-state index in [0.29, 0.717) is 17.8 Å². The van der Waals surface area contributed by atoms with E-state index in [0.717, 1.165) is 18.0 Å². The van der Waals surface area contributed by atoms with Gasteiger partial charge in [-0.2, -0.15) is 4.98 Å². The maximum absolute atomic E-state index is 5.49. The second-order valence-corrected chi connectivity index (χ2v) is 5.18. The van der Waals surface area contributed by atoms with Crippen molar-refractivity contribution >= 4 is 0 Å². The van der Waals surface area contributed by atoms with Crippen LogP contribution < -0.4 is 5.32 Å². The Morgan fingerprint density at radius 1 is 1.32 bits per heavy atom. The monoisotopic (exact) mass is 260 g/mol. The first-order chi connectivity index (χ1) is 9.38. The molecular weight excluding hydrogens is 240 g/mol. The van der Waals surface area contributed by atoms with Gasteiger partial charge in [-0.25, -0.2) is 0 Å². The predicted molar refractivity (Wildman–Crippen MR) is 72.8 cm³/mol. The first-order valence-corrected chi connectivity index (χ1v) is 7.03. The third-order valence-corrected chi connectivity index (χ3v) is 3.98. The molecule has 0 amide bonds. The minimum absolute atomic E-state index is 0.337. The lowest BCUT2D eigenvalue weighted by molar-refractivity contribution is 0.311. The molecule has 1 aliphatic carbocycles. The van der Waals surface area contributed by atoms with E-state index in [9.17, 15) is 0 Å². The second kappa shape index (κ2) is 5.57. The fourth-order valence-corrected chi connectivity index (χ4v) is 2.91. The fourth-order valence-electron chi connectivity index (χ4n) is 2.91. The molecule has 0 radical (unpaired) electrons. The molecule has 0 aliphatic heterocycles. The van der Waals surface area contributed by atoms with Crippen molar-refractivity contribution in [2.45, 2.75) is 44.1 Å². The third kappa shape index (κ3) is 2.56. The molecule has 0 spiro atoms. The molecule has 2 heterocycles. The SMILES string of the molecule is CNC1CCCCCC1c1nc(-c2ccc[nH]2)no1. The van der Waals surface area contributed by atoms with Gasteiger partial charge < -0.3 is 14.8 Å². The lowest BCUT2D eigenvalue weighted by Gasteiger charge is -2.20. The molecule has 1 fully saturated rings. The maximum atomic E-state index is 5.49. The van der Waals surface area contributed by atoms with E-state index in [1.54, 1.807) is 0 Å². The van der Waals surface area contributed by atoms with Crippen LogP contribution in [0.25, 0.3) is 11.5 Å². The highest BCUT2D eigenvalue weighted by Crippen LogP contribution is 2.31. The molecule has 2 aromatic heterocycles. The van der Waals surface area contributed by atoms with Crippen molar-refractivity contribution in [1.82, 2.24) is 20.4 Å². The summed E-state index contributed by atoms with van der Waals surface area (Å²) in [5.41, 5.74) is 0.907. The molecule has 2 aromatic rings. The van der Waals surface area contributed by atoms with Crippen molar-refractivity contribution in [2.75, 3.05) is 7.05 Å². The average molecular weight is 260 g/mol. The van der Waals surface area contributed by atoms with Gasteiger partial charge in [-0.05, 0) is 32.0 Å². The highest BCUT2D eigenvalue weighted by atomic mass is 16.5. The number of aromatic amines is 1. The van der Waals surface area contributed by atoms with E-state index in [1.807, 2.05) is 25.4 Å². The van der Waals surface area contributed by atoms with Crippen molar-refractivity contribution in [2.24, 2.45) is 0 Å². The van der Waals surface area contributed by atoms with Crippen LogP contribution in [0.1, 0.15) is 43.9 Å². The van der Waals surface area contributed by atoms with Crippen LogP contribution in [0.2, 0.25) is 0 Å². The van der Waals surface area contributed by atoms with E-state index >= 15 is 0 Å². The Labute approximate surface area is 112 Å². The number of hydrogen-bond donors (Lipinski definition) is 2. The van der Waals surface area contributed by atoms with E-state index < -0.39 is 0 Å². The Morgan fingerprint density at radius 3 is 3.00 bits per heavy atom. The number of hydrogen-bond acceptors (Lipinski definition) is 4. The van der Waals surface area contributed by atoms with Crippen LogP contribution in [-0.2, 0) is 0 Å². The first-order valence-electron chi connectivity index (χ1n) is 7.03. The number of likely N-dealkylation sites (N-methyl/N-ethyl adjacent to an activating group) is 1. The van der Waals surface area contributed by atoms with Crippen LogP contribution in [0.5, 0.6) is 0 Å². The summed E-state index contributed by atoms with van der Waals surface area (Å²) in [4.78, 5) is 7.67. The predicted octanol–water partition coefficient (Wildman–Crippen LogP) is 2.70. The summed E-state index contributed by atoms with van der Waals surface area (Å²) >= 11 is 0. The van der Waals surface area contributed by atoms with Crippen LogP contribution in [0.4, 0.5) is 0 Å². The summed E-state index contributed by atoms with van der Waals surface area (Å²) in [6.45, 7) is 0. The lowest BCUT2D eigenvalue weighted by Crippen LogP contribution is -2.31. The number of nitrogens with one attached hydrogen (secondary N) is 2. The summed E-state index contributed by atoms with van der Waals surface area (Å²) in [6, 6.07) is 4.34. The minimum atomic E-state index is 0.337. The molecule has 0 bridgehead atoms. The van der Waals surface area contributed by atoms with Crippen LogP contribution >= 0.6 is 0 Å². The van der Waals surface area contributed by atoms with Gasteiger partial charge in [-0.3, -0.25) is 0 Å². The van der Waals surface area contributed by atoms with E-state index in [4.69, 9.17) is 4.52 Å². The summed E-state index contributed by atoms with van der Waals surface area (Å²) in [6.07, 6.45) is 7.99.